The quantitative estimate of drug-likeness (QED) is 0.134. The van der Waals surface area contributed by atoms with Crippen LogP contribution in [0.1, 0.15) is 96.9 Å². The van der Waals surface area contributed by atoms with E-state index in [1.54, 1.807) is 18.2 Å². The molecular weight excluding hydrogens is 644 g/mol. The van der Waals surface area contributed by atoms with Crippen molar-refractivity contribution in [3.63, 3.8) is 0 Å². The van der Waals surface area contributed by atoms with Gasteiger partial charge in [0.2, 0.25) is 11.9 Å². The minimum atomic E-state index is -2.64. The molecule has 2 aromatic rings. The predicted octanol–water partition coefficient (Wildman–Crippen LogP) is 5.75. The maximum Gasteiger partial charge on any atom is 0.303 e. The van der Waals surface area contributed by atoms with Crippen molar-refractivity contribution in [2.75, 3.05) is 6.61 Å². The Bertz CT molecular complexity index is 1620. The van der Waals surface area contributed by atoms with Crippen molar-refractivity contribution in [2.24, 2.45) is 0 Å². The Morgan fingerprint density at radius 3 is 1.96 bits per heavy atom. The molecule has 11 heteroatoms. The van der Waals surface area contributed by atoms with E-state index in [9.17, 15) is 24.3 Å². The van der Waals surface area contributed by atoms with E-state index in [2.05, 4.69) is 53.0 Å². The first kappa shape index (κ1) is 33.5. The molecule has 266 valence electrons. The van der Waals surface area contributed by atoms with Crippen LogP contribution in [0.4, 0.5) is 0 Å². The van der Waals surface area contributed by atoms with Gasteiger partial charge < -0.3 is 28.8 Å². The van der Waals surface area contributed by atoms with Crippen LogP contribution in [0, 0.1) is 11.5 Å². The molecule has 0 spiro atoms. The van der Waals surface area contributed by atoms with Gasteiger partial charge in [-0.1, -0.05) is 77.8 Å². The SMILES string of the molecule is [2H]CC(=O)OC[C@H]1OC(O)(c2cccc(Cc3ccc(C#C[Si](C(C)C)(C(C)C)C(C)C)cc3)c2)[C@H](OC(=O)C[2H])[C@@H](OC(=O)C[2H])[C@@H]1OC(=O)C[2H]. The van der Waals surface area contributed by atoms with Crippen molar-refractivity contribution >= 4 is 32.0 Å². The normalized spacial score (nSPS) is 23.3. The maximum atomic E-state index is 12.6. The van der Waals surface area contributed by atoms with Crippen LogP contribution in [0.2, 0.25) is 16.6 Å². The van der Waals surface area contributed by atoms with E-state index in [0.29, 0.717) is 28.6 Å². The third-order valence-corrected chi connectivity index (χ3v) is 15.2. The molecule has 5 atom stereocenters. The lowest BCUT2D eigenvalue weighted by Gasteiger charge is -2.48. The molecule has 0 saturated carbocycles. The largest absolute Gasteiger partial charge is 0.463 e. The van der Waals surface area contributed by atoms with E-state index in [-0.39, 0.29) is 5.56 Å². The van der Waals surface area contributed by atoms with Gasteiger partial charge in [-0.05, 0) is 52.4 Å². The second kappa shape index (κ2) is 16.6. The van der Waals surface area contributed by atoms with E-state index >= 15 is 0 Å². The fraction of sp³-hybridized carbons (Fsp3) is 0.526. The van der Waals surface area contributed by atoms with Gasteiger partial charge in [0, 0.05) is 44.2 Å². The Kier molecular flexibility index (Phi) is 11.4. The molecule has 49 heavy (non-hydrogen) atoms. The highest BCUT2D eigenvalue weighted by molar-refractivity contribution is 6.90. The smallest absolute Gasteiger partial charge is 0.303 e. The van der Waals surface area contributed by atoms with Crippen molar-refractivity contribution < 1.29 is 53.5 Å². The van der Waals surface area contributed by atoms with Gasteiger partial charge >= 0.3 is 23.9 Å². The second-order valence-corrected chi connectivity index (χ2v) is 18.7. The van der Waals surface area contributed by atoms with Crippen LogP contribution < -0.4 is 0 Å². The lowest BCUT2D eigenvalue weighted by atomic mass is 9.86. The third kappa shape index (κ3) is 9.59. The van der Waals surface area contributed by atoms with Crippen LogP contribution in [-0.4, -0.2) is 68.1 Å². The van der Waals surface area contributed by atoms with Gasteiger partial charge in [0.05, 0.1) is 0 Å². The minimum absolute atomic E-state index is 0.0200. The maximum absolute atomic E-state index is 12.6. The summed E-state index contributed by atoms with van der Waals surface area (Å²) in [6.07, 6.45) is -6.66. The van der Waals surface area contributed by atoms with Gasteiger partial charge in [-0.15, -0.1) is 5.54 Å². The summed E-state index contributed by atoms with van der Waals surface area (Å²) in [5, 5.41) is 12.3. The first-order valence-corrected chi connectivity index (χ1v) is 18.3. The molecule has 10 nitrogen and oxygen atoms in total. The molecule has 1 aliphatic rings. The summed E-state index contributed by atoms with van der Waals surface area (Å²) in [6.45, 7) is 9.45. The van der Waals surface area contributed by atoms with E-state index in [4.69, 9.17) is 29.2 Å². The monoisotopic (exact) mass is 698 g/mol. The van der Waals surface area contributed by atoms with Crippen LogP contribution in [-0.2, 0) is 55.1 Å². The highest BCUT2D eigenvalue weighted by Gasteiger charge is 2.60. The summed E-state index contributed by atoms with van der Waals surface area (Å²) in [5.41, 5.74) is 7.75. The highest BCUT2D eigenvalue weighted by Crippen LogP contribution is 2.42. The Hall–Kier alpha value is -3.98. The van der Waals surface area contributed by atoms with Gasteiger partial charge in [-0.3, -0.25) is 19.2 Å². The van der Waals surface area contributed by atoms with Crippen LogP contribution in [0.5, 0.6) is 0 Å². The Labute approximate surface area is 296 Å². The molecule has 1 unspecified atom stereocenters. The van der Waals surface area contributed by atoms with E-state index < -0.39 is 96.4 Å². The number of aliphatic hydroxyl groups is 1. The van der Waals surface area contributed by atoms with Crippen LogP contribution in [0.3, 0.4) is 0 Å². The van der Waals surface area contributed by atoms with Crippen LogP contribution >= 0.6 is 0 Å². The summed E-state index contributed by atoms with van der Waals surface area (Å²) in [5.74, 6) is -3.59. The molecular formula is C38H50O10Si. The van der Waals surface area contributed by atoms with E-state index in [1.165, 1.54) is 6.07 Å². The van der Waals surface area contributed by atoms with Gasteiger partial charge in [-0.2, -0.15) is 0 Å². The number of hydrogen-bond acceptors (Lipinski definition) is 10. The summed E-state index contributed by atoms with van der Waals surface area (Å²) in [6, 6.07) is 14.3. The number of rotatable bonds is 11. The van der Waals surface area contributed by atoms with E-state index in [1.807, 2.05) is 24.3 Å². The van der Waals surface area contributed by atoms with Crippen molar-refractivity contribution in [1.82, 2.24) is 0 Å². The zero-order valence-electron chi connectivity index (χ0n) is 33.0. The van der Waals surface area contributed by atoms with Gasteiger partial charge in [-0.25, -0.2) is 0 Å². The molecule has 1 fully saturated rings. The van der Waals surface area contributed by atoms with Crippen LogP contribution in [0.15, 0.2) is 48.5 Å². The second-order valence-electron chi connectivity index (χ2n) is 13.1. The lowest BCUT2D eigenvalue weighted by Crippen LogP contribution is -2.66. The van der Waals surface area contributed by atoms with Crippen molar-refractivity contribution in [1.29, 1.82) is 0 Å². The molecule has 0 bridgehead atoms. The summed E-state index contributed by atoms with van der Waals surface area (Å²) < 4.78 is 57.1. The number of carbonyl (C=O) groups excluding carboxylic acids is 4. The molecule has 1 N–H and O–H groups in total. The molecule has 1 heterocycles. The van der Waals surface area contributed by atoms with Gasteiger partial charge in [0.15, 0.2) is 12.2 Å². The molecule has 0 amide bonds. The number of benzene rings is 2. The fourth-order valence-corrected chi connectivity index (χ4v) is 12.1. The third-order valence-electron chi connectivity index (χ3n) is 8.90. The number of ether oxygens (including phenoxy) is 5. The minimum Gasteiger partial charge on any atom is -0.463 e. The molecule has 0 aliphatic carbocycles. The molecule has 1 saturated heterocycles. The molecule has 2 aromatic carbocycles. The average Bonchev–Trinajstić information content (AvgIpc) is 3.13. The number of carbonyl (C=O) groups is 4. The van der Waals surface area contributed by atoms with Gasteiger partial charge in [0.25, 0.3) is 0 Å². The van der Waals surface area contributed by atoms with Crippen molar-refractivity contribution in [3.8, 4) is 11.5 Å². The number of hydrogen-bond donors (Lipinski definition) is 1. The first-order chi connectivity index (χ1) is 25.1. The topological polar surface area (TPSA) is 135 Å². The molecule has 3 rings (SSSR count). The first-order valence-electron chi connectivity index (χ1n) is 18.9. The van der Waals surface area contributed by atoms with E-state index in [0.717, 1.165) is 11.1 Å². The molecule has 1 aliphatic heterocycles. The Balaban J connectivity index is 2.06. The van der Waals surface area contributed by atoms with Crippen LogP contribution in [0.25, 0.3) is 0 Å². The predicted molar refractivity (Wildman–Crippen MR) is 186 cm³/mol. The molecule has 0 aromatic heterocycles. The van der Waals surface area contributed by atoms with Crippen molar-refractivity contribution in [3.05, 3.63) is 70.8 Å². The summed E-state index contributed by atoms with van der Waals surface area (Å²) >= 11 is 0. The average molecular weight is 699 g/mol. The Morgan fingerprint density at radius 1 is 0.816 bits per heavy atom. The summed E-state index contributed by atoms with van der Waals surface area (Å²) in [4.78, 5) is 49.4. The van der Waals surface area contributed by atoms with Gasteiger partial charge in [0.1, 0.15) is 20.8 Å². The molecule has 0 radical (unpaired) electrons. The fourth-order valence-electron chi connectivity index (χ4n) is 6.83. The standard InChI is InChI=1S/C38H50O10Si/c1-23(2)49(24(3)4,25(5)6)19-18-30-14-16-31(17-15-30)20-32-12-11-13-33(21-32)38(43)37(47-29(10)42)36(46-28(9)41)35(45-27(8)40)34(48-38)22-44-26(7)39/h11-17,21,23-25,34-37,43H,20,22H2,1-10H3/t34-,35-,36+,37-,38?/m1/s1/i7D,8D,9D,10D. The zero-order valence-corrected chi connectivity index (χ0v) is 30.0. The number of esters is 4. The van der Waals surface area contributed by atoms with Crippen molar-refractivity contribution in [2.45, 2.75) is 122 Å². The Morgan fingerprint density at radius 2 is 1.39 bits per heavy atom. The summed E-state index contributed by atoms with van der Waals surface area (Å²) in [7, 11) is -1.92. The zero-order chi connectivity index (χ0) is 39.5. The lowest BCUT2D eigenvalue weighted by molar-refractivity contribution is -0.360. The highest BCUT2D eigenvalue weighted by atomic mass is 28.3.